The van der Waals surface area contributed by atoms with Crippen molar-refractivity contribution in [3.63, 3.8) is 0 Å². The van der Waals surface area contributed by atoms with Crippen molar-refractivity contribution < 1.29 is 4.42 Å². The van der Waals surface area contributed by atoms with Crippen molar-refractivity contribution in [1.29, 1.82) is 10.5 Å². The zero-order chi connectivity index (χ0) is 16.7. The zero-order valence-electron chi connectivity index (χ0n) is 12.8. The maximum absolute atomic E-state index is 9.46. The number of furan rings is 1. The van der Waals surface area contributed by atoms with Crippen LogP contribution in [-0.2, 0) is 0 Å². The molecule has 0 atom stereocenters. The van der Waals surface area contributed by atoms with E-state index in [1.54, 1.807) is 0 Å². The van der Waals surface area contributed by atoms with E-state index < -0.39 is 0 Å². The molecule has 2 heterocycles. The van der Waals surface area contributed by atoms with E-state index in [9.17, 15) is 10.5 Å². The monoisotopic (exact) mass is 302 g/mol. The van der Waals surface area contributed by atoms with Crippen molar-refractivity contribution in [3.8, 4) is 23.4 Å². The number of hydrogen-bond acceptors (Lipinski definition) is 4. The third-order valence-corrected chi connectivity index (χ3v) is 3.95. The highest BCUT2D eigenvalue weighted by molar-refractivity contribution is 5.81. The smallest absolute Gasteiger partial charge is 0.127 e. The summed E-state index contributed by atoms with van der Waals surface area (Å²) < 4.78 is 5.59. The number of pyridine rings is 1. The first-order valence-electron chi connectivity index (χ1n) is 6.99. The topological polar surface area (TPSA) is 103 Å². The van der Waals surface area contributed by atoms with E-state index in [1.165, 1.54) is 0 Å². The zero-order valence-corrected chi connectivity index (χ0v) is 12.8. The van der Waals surface area contributed by atoms with Crippen molar-refractivity contribution >= 4 is 18.5 Å². The Morgan fingerprint density at radius 3 is 2.48 bits per heavy atom. The molecule has 0 unspecified atom stereocenters. The van der Waals surface area contributed by atoms with Crippen LogP contribution in [-0.4, -0.2) is 4.98 Å². The summed E-state index contributed by atoms with van der Waals surface area (Å²) >= 11 is 0. The number of aryl methyl sites for hydroxylation is 1. The Hall–Kier alpha value is -3.44. The summed E-state index contributed by atoms with van der Waals surface area (Å²) in [6.07, 6.45) is 1.83. The summed E-state index contributed by atoms with van der Waals surface area (Å²) in [5.74, 6) is 1.71. The van der Waals surface area contributed by atoms with E-state index in [1.807, 2.05) is 32.1 Å². The standard InChI is InChI=1S/C18H14N4O/c1-9-4-5-12(23-9)6-13-10(2)14(7-19)17-16(13)11(3)15(8-20)18(21)22-17/h4-6,22H,2,21H2,1,3H3/b13-6+. The Bertz CT molecular complexity index is 1090. The number of anilines is 1. The minimum Gasteiger partial charge on any atom is -0.462 e. The lowest BCUT2D eigenvalue weighted by atomic mass is 10.0. The second-order valence-electron chi connectivity index (χ2n) is 5.37. The number of nitrogen functional groups attached to an aromatic ring is 1. The first kappa shape index (κ1) is 14.5. The van der Waals surface area contributed by atoms with Crippen LogP contribution in [0.5, 0.6) is 0 Å². The normalized spacial score (nSPS) is 11.6. The van der Waals surface area contributed by atoms with E-state index in [-0.39, 0.29) is 5.82 Å². The summed E-state index contributed by atoms with van der Waals surface area (Å²) in [6, 6.07) is 7.97. The first-order chi connectivity index (χ1) is 11.0. The number of fused-ring (bicyclic) bond motifs is 1. The largest absolute Gasteiger partial charge is 0.462 e. The van der Waals surface area contributed by atoms with Crippen LogP contribution in [0.15, 0.2) is 16.5 Å². The Kier molecular flexibility index (Phi) is 3.20. The molecule has 1 aliphatic heterocycles. The third kappa shape index (κ3) is 2.07. The van der Waals surface area contributed by atoms with Gasteiger partial charge in [0.2, 0.25) is 0 Å². The van der Waals surface area contributed by atoms with Gasteiger partial charge < -0.3 is 15.1 Å². The van der Waals surface area contributed by atoms with Gasteiger partial charge in [-0.1, -0.05) is 6.58 Å². The molecule has 2 aliphatic rings. The Morgan fingerprint density at radius 1 is 1.22 bits per heavy atom. The van der Waals surface area contributed by atoms with E-state index in [4.69, 9.17) is 10.2 Å². The first-order valence-corrected chi connectivity index (χ1v) is 6.99. The molecule has 1 aromatic heterocycles. The van der Waals surface area contributed by atoms with Crippen LogP contribution in [0.4, 0.5) is 5.82 Å². The number of aromatic nitrogens is 1. The van der Waals surface area contributed by atoms with Gasteiger partial charge in [0.25, 0.3) is 0 Å². The maximum Gasteiger partial charge on any atom is 0.127 e. The predicted molar refractivity (Wildman–Crippen MR) is 87.8 cm³/mol. The van der Waals surface area contributed by atoms with E-state index in [2.05, 4.69) is 23.7 Å². The van der Waals surface area contributed by atoms with Gasteiger partial charge in [0.05, 0.1) is 16.8 Å². The molecule has 23 heavy (non-hydrogen) atoms. The molecule has 3 N–H and O–H groups in total. The molecular formula is C18H14N4O. The minimum atomic E-state index is 0.249. The number of H-pyrrole nitrogens is 1. The molecule has 112 valence electrons. The second kappa shape index (κ2) is 5.08. The summed E-state index contributed by atoms with van der Waals surface area (Å²) in [5, 5.41) is 20.1. The lowest BCUT2D eigenvalue weighted by Crippen LogP contribution is -2.21. The van der Waals surface area contributed by atoms with Crippen molar-refractivity contribution in [2.75, 3.05) is 5.73 Å². The van der Waals surface area contributed by atoms with Crippen LogP contribution in [0.2, 0.25) is 0 Å². The molecule has 0 spiro atoms. The Morgan fingerprint density at radius 2 is 1.91 bits per heavy atom. The summed E-state index contributed by atoms with van der Waals surface area (Å²) in [6.45, 7) is 7.70. The van der Waals surface area contributed by atoms with Gasteiger partial charge in [0, 0.05) is 5.56 Å². The summed E-state index contributed by atoms with van der Waals surface area (Å²) in [7, 11) is 0. The van der Waals surface area contributed by atoms with Crippen molar-refractivity contribution in [1.82, 2.24) is 4.98 Å². The fourth-order valence-electron chi connectivity index (χ4n) is 2.83. The lowest BCUT2D eigenvalue weighted by molar-refractivity contribution is 0.525. The lowest BCUT2D eigenvalue weighted by Gasteiger charge is -2.10. The third-order valence-electron chi connectivity index (χ3n) is 3.95. The van der Waals surface area contributed by atoms with Gasteiger partial charge in [-0.2, -0.15) is 10.5 Å². The van der Waals surface area contributed by atoms with E-state index in [0.29, 0.717) is 27.8 Å². The highest BCUT2D eigenvalue weighted by Crippen LogP contribution is 2.28. The number of hydrogen-bond donors (Lipinski definition) is 2. The van der Waals surface area contributed by atoms with E-state index in [0.717, 1.165) is 22.1 Å². The molecule has 0 saturated heterocycles. The Labute approximate surface area is 132 Å². The molecule has 0 fully saturated rings. The van der Waals surface area contributed by atoms with Gasteiger partial charge >= 0.3 is 0 Å². The fraction of sp³-hybridized carbons (Fsp3) is 0.111. The number of nitrogens with two attached hydrogens (primary N) is 1. The number of nitrogens with zero attached hydrogens (tertiary/aromatic N) is 2. The molecule has 0 aromatic carbocycles. The predicted octanol–water partition coefficient (Wildman–Crippen LogP) is 1.89. The van der Waals surface area contributed by atoms with Gasteiger partial charge in [-0.05, 0) is 48.1 Å². The van der Waals surface area contributed by atoms with Crippen LogP contribution >= 0.6 is 0 Å². The molecule has 5 heteroatoms. The summed E-state index contributed by atoms with van der Waals surface area (Å²) in [5.41, 5.74) is 8.79. The van der Waals surface area contributed by atoms with E-state index >= 15 is 0 Å². The van der Waals surface area contributed by atoms with Gasteiger partial charge in [-0.25, -0.2) is 0 Å². The second-order valence-corrected chi connectivity index (χ2v) is 5.37. The van der Waals surface area contributed by atoms with Gasteiger partial charge in [-0.3, -0.25) is 0 Å². The summed E-state index contributed by atoms with van der Waals surface area (Å²) in [4.78, 5) is 2.96. The average Bonchev–Trinajstić information content (AvgIpc) is 3.02. The molecule has 1 aromatic rings. The van der Waals surface area contributed by atoms with Crippen LogP contribution in [0.25, 0.3) is 23.9 Å². The highest BCUT2D eigenvalue weighted by Gasteiger charge is 2.21. The molecular weight excluding hydrogens is 288 g/mol. The quantitative estimate of drug-likeness (QED) is 0.716. The van der Waals surface area contributed by atoms with Gasteiger partial charge in [0.15, 0.2) is 0 Å². The molecule has 3 rings (SSSR count). The minimum absolute atomic E-state index is 0.249. The van der Waals surface area contributed by atoms with Crippen molar-refractivity contribution in [2.45, 2.75) is 13.8 Å². The van der Waals surface area contributed by atoms with Gasteiger partial charge in [0.1, 0.15) is 29.5 Å². The number of nitriles is 2. The number of rotatable bonds is 1. The van der Waals surface area contributed by atoms with Crippen molar-refractivity contribution in [3.05, 3.63) is 50.8 Å². The van der Waals surface area contributed by atoms with Gasteiger partial charge in [-0.15, -0.1) is 0 Å². The maximum atomic E-state index is 9.46. The highest BCUT2D eigenvalue weighted by atomic mass is 16.3. The molecule has 0 radical (unpaired) electrons. The SMILES string of the molecule is C=c1c(C#N)c2[nH]c(N)c(C#N)c(C)c-2/c1=C/c1ccc(C)o1. The Balaban J connectivity index is 2.51. The van der Waals surface area contributed by atoms with Crippen LogP contribution in [0, 0.1) is 36.5 Å². The van der Waals surface area contributed by atoms with Crippen LogP contribution < -0.4 is 16.2 Å². The van der Waals surface area contributed by atoms with Crippen molar-refractivity contribution in [2.24, 2.45) is 0 Å². The average molecular weight is 302 g/mol. The molecule has 0 bridgehead atoms. The molecule has 1 aliphatic carbocycles. The molecule has 5 nitrogen and oxygen atoms in total. The number of aromatic amines is 1. The van der Waals surface area contributed by atoms with Crippen LogP contribution in [0.3, 0.4) is 0 Å². The molecule has 0 saturated carbocycles. The molecule has 0 amide bonds. The van der Waals surface area contributed by atoms with Crippen LogP contribution in [0.1, 0.15) is 28.2 Å². The number of nitrogens with one attached hydrogen (secondary N) is 1. The fourth-order valence-corrected chi connectivity index (χ4v) is 2.83.